The maximum Gasteiger partial charge on any atom is 0.315 e. The van der Waals surface area contributed by atoms with Gasteiger partial charge in [0.25, 0.3) is 0 Å². The van der Waals surface area contributed by atoms with Crippen LogP contribution in [-0.4, -0.2) is 29.8 Å². The van der Waals surface area contributed by atoms with E-state index < -0.39 is 0 Å². The first kappa shape index (κ1) is 12.7. The topological polar surface area (TPSA) is 61.4 Å². The summed E-state index contributed by atoms with van der Waals surface area (Å²) in [6.45, 7) is 0.158. The van der Waals surface area contributed by atoms with Crippen LogP contribution in [0.2, 0.25) is 0 Å². The van der Waals surface area contributed by atoms with Gasteiger partial charge in [-0.2, -0.15) is 0 Å². The molecule has 0 saturated heterocycles. The van der Waals surface area contributed by atoms with E-state index in [1.165, 1.54) is 32.1 Å². The number of urea groups is 1. The lowest BCUT2D eigenvalue weighted by atomic mass is 9.83. The minimum Gasteiger partial charge on any atom is -0.396 e. The van der Waals surface area contributed by atoms with E-state index in [0.717, 1.165) is 12.8 Å². The third kappa shape index (κ3) is 4.19. The Kier molecular flexibility index (Phi) is 4.66. The van der Waals surface area contributed by atoms with Crippen molar-refractivity contribution in [2.24, 2.45) is 5.92 Å². The molecule has 98 valence electrons. The third-order valence-electron chi connectivity index (χ3n) is 3.89. The molecule has 3 N–H and O–H groups in total. The van der Waals surface area contributed by atoms with Crippen LogP contribution in [0.5, 0.6) is 0 Å². The molecular weight excluding hydrogens is 216 g/mol. The minimum atomic E-state index is -0.0449. The van der Waals surface area contributed by atoms with Gasteiger partial charge in [-0.25, -0.2) is 4.79 Å². The van der Waals surface area contributed by atoms with E-state index in [1.54, 1.807) is 0 Å². The van der Waals surface area contributed by atoms with Gasteiger partial charge < -0.3 is 15.7 Å². The van der Waals surface area contributed by atoms with Crippen LogP contribution >= 0.6 is 0 Å². The van der Waals surface area contributed by atoms with Crippen molar-refractivity contribution < 1.29 is 9.90 Å². The van der Waals surface area contributed by atoms with E-state index >= 15 is 0 Å². The van der Waals surface area contributed by atoms with Gasteiger partial charge in [0, 0.05) is 18.7 Å². The van der Waals surface area contributed by atoms with E-state index in [4.69, 9.17) is 5.11 Å². The zero-order chi connectivity index (χ0) is 12.1. The maximum absolute atomic E-state index is 11.7. The molecule has 2 amide bonds. The van der Waals surface area contributed by atoms with Crippen LogP contribution in [-0.2, 0) is 0 Å². The first-order valence-corrected chi connectivity index (χ1v) is 6.97. The average Bonchev–Trinajstić information content (AvgIpc) is 3.13. The number of carbonyl (C=O) groups is 1. The Balaban J connectivity index is 1.79. The molecule has 0 aliphatic heterocycles. The lowest BCUT2D eigenvalue weighted by molar-refractivity contribution is 0.196. The molecule has 1 unspecified atom stereocenters. The Hall–Kier alpha value is -0.770. The van der Waals surface area contributed by atoms with Crippen LogP contribution in [0.25, 0.3) is 0 Å². The molecule has 2 saturated carbocycles. The second-order valence-corrected chi connectivity index (χ2v) is 5.41. The van der Waals surface area contributed by atoms with Crippen molar-refractivity contribution in [1.82, 2.24) is 10.6 Å². The summed E-state index contributed by atoms with van der Waals surface area (Å²) in [6.07, 6.45) is 9.13. The highest BCUT2D eigenvalue weighted by atomic mass is 16.3. The molecule has 4 heteroatoms. The molecule has 0 aromatic heterocycles. The summed E-state index contributed by atoms with van der Waals surface area (Å²) in [6, 6.07) is 0.506. The van der Waals surface area contributed by atoms with Gasteiger partial charge in [-0.15, -0.1) is 0 Å². The van der Waals surface area contributed by atoms with Gasteiger partial charge in [0.2, 0.25) is 0 Å². The highest BCUT2D eigenvalue weighted by Crippen LogP contribution is 2.27. The van der Waals surface area contributed by atoms with E-state index in [2.05, 4.69) is 10.6 Å². The normalized spacial score (nSPS) is 23.1. The first-order chi connectivity index (χ1) is 8.29. The van der Waals surface area contributed by atoms with Crippen molar-refractivity contribution in [2.75, 3.05) is 6.61 Å². The molecule has 2 aliphatic carbocycles. The fourth-order valence-electron chi connectivity index (χ4n) is 2.72. The van der Waals surface area contributed by atoms with Gasteiger partial charge in [0.1, 0.15) is 0 Å². The van der Waals surface area contributed by atoms with Gasteiger partial charge in [0.05, 0.1) is 0 Å². The van der Waals surface area contributed by atoms with Crippen molar-refractivity contribution in [1.29, 1.82) is 0 Å². The van der Waals surface area contributed by atoms with Crippen molar-refractivity contribution in [3.8, 4) is 0 Å². The summed E-state index contributed by atoms with van der Waals surface area (Å²) in [4.78, 5) is 11.7. The van der Waals surface area contributed by atoms with Crippen molar-refractivity contribution in [2.45, 2.75) is 63.5 Å². The summed E-state index contributed by atoms with van der Waals surface area (Å²) in [5, 5.41) is 15.1. The largest absolute Gasteiger partial charge is 0.396 e. The summed E-state index contributed by atoms with van der Waals surface area (Å²) in [5.41, 5.74) is 0. The van der Waals surface area contributed by atoms with E-state index in [-0.39, 0.29) is 18.7 Å². The molecular formula is C13H24N2O2. The summed E-state index contributed by atoms with van der Waals surface area (Å²) < 4.78 is 0. The molecule has 0 spiro atoms. The predicted molar refractivity (Wildman–Crippen MR) is 66.8 cm³/mol. The van der Waals surface area contributed by atoms with Crippen LogP contribution in [0.1, 0.15) is 51.4 Å². The SMILES string of the molecule is O=C(NC1CC1)NC(CCO)C1CCCCC1. The standard InChI is InChI=1S/C13H24N2O2/c16-9-8-12(10-4-2-1-3-5-10)15-13(17)14-11-6-7-11/h10-12,16H,1-9H2,(H2,14,15,17). The van der Waals surface area contributed by atoms with Crippen molar-refractivity contribution in [3.05, 3.63) is 0 Å². The second kappa shape index (κ2) is 6.24. The molecule has 0 heterocycles. The zero-order valence-electron chi connectivity index (χ0n) is 10.5. The number of aliphatic hydroxyl groups is 1. The Morgan fingerprint density at radius 3 is 2.47 bits per heavy atom. The van der Waals surface area contributed by atoms with Gasteiger partial charge in [-0.3, -0.25) is 0 Å². The van der Waals surface area contributed by atoms with Crippen LogP contribution in [0.3, 0.4) is 0 Å². The number of aliphatic hydroxyl groups excluding tert-OH is 1. The highest BCUT2D eigenvalue weighted by Gasteiger charge is 2.27. The monoisotopic (exact) mass is 240 g/mol. The first-order valence-electron chi connectivity index (χ1n) is 6.97. The third-order valence-corrected chi connectivity index (χ3v) is 3.89. The lowest BCUT2D eigenvalue weighted by Crippen LogP contribution is -2.47. The summed E-state index contributed by atoms with van der Waals surface area (Å²) in [5.74, 6) is 0.556. The fraction of sp³-hybridized carbons (Fsp3) is 0.923. The van der Waals surface area contributed by atoms with Crippen LogP contribution < -0.4 is 10.6 Å². The van der Waals surface area contributed by atoms with Gasteiger partial charge in [-0.05, 0) is 38.0 Å². The van der Waals surface area contributed by atoms with Crippen LogP contribution in [0, 0.1) is 5.92 Å². The molecule has 0 bridgehead atoms. The smallest absolute Gasteiger partial charge is 0.315 e. The van der Waals surface area contributed by atoms with Crippen molar-refractivity contribution in [3.63, 3.8) is 0 Å². The Morgan fingerprint density at radius 2 is 1.88 bits per heavy atom. The van der Waals surface area contributed by atoms with Gasteiger partial charge in [-0.1, -0.05) is 19.3 Å². The number of nitrogens with one attached hydrogen (secondary N) is 2. The number of hydrogen-bond acceptors (Lipinski definition) is 2. The molecule has 2 aliphatic rings. The summed E-state index contributed by atoms with van der Waals surface area (Å²) in [7, 11) is 0. The molecule has 17 heavy (non-hydrogen) atoms. The number of amides is 2. The Bertz CT molecular complexity index is 248. The lowest BCUT2D eigenvalue weighted by Gasteiger charge is -2.30. The van der Waals surface area contributed by atoms with Gasteiger partial charge in [0.15, 0.2) is 0 Å². The van der Waals surface area contributed by atoms with Crippen molar-refractivity contribution >= 4 is 6.03 Å². The van der Waals surface area contributed by atoms with E-state index in [1.807, 2.05) is 0 Å². The molecule has 4 nitrogen and oxygen atoms in total. The van der Waals surface area contributed by atoms with Crippen LogP contribution in [0.4, 0.5) is 4.79 Å². The van der Waals surface area contributed by atoms with Crippen LogP contribution in [0.15, 0.2) is 0 Å². The predicted octanol–water partition coefficient (Wildman–Crippen LogP) is 1.78. The minimum absolute atomic E-state index is 0.0449. The number of carbonyl (C=O) groups excluding carboxylic acids is 1. The van der Waals surface area contributed by atoms with E-state index in [9.17, 15) is 4.79 Å². The highest BCUT2D eigenvalue weighted by molar-refractivity contribution is 5.74. The zero-order valence-corrected chi connectivity index (χ0v) is 10.5. The average molecular weight is 240 g/mol. The molecule has 0 aromatic carbocycles. The molecule has 2 fully saturated rings. The molecule has 1 atom stereocenters. The maximum atomic E-state index is 11.7. The van der Waals surface area contributed by atoms with E-state index in [0.29, 0.717) is 18.4 Å². The fourth-order valence-corrected chi connectivity index (χ4v) is 2.72. The second-order valence-electron chi connectivity index (χ2n) is 5.41. The Labute approximate surface area is 103 Å². The quantitative estimate of drug-likeness (QED) is 0.686. The number of rotatable bonds is 5. The van der Waals surface area contributed by atoms with Gasteiger partial charge >= 0.3 is 6.03 Å². The molecule has 0 radical (unpaired) electrons. The molecule has 2 rings (SSSR count). The summed E-state index contributed by atoms with van der Waals surface area (Å²) >= 11 is 0. The Morgan fingerprint density at radius 1 is 1.18 bits per heavy atom. The number of hydrogen-bond donors (Lipinski definition) is 3. The molecule has 0 aromatic rings.